The van der Waals surface area contributed by atoms with E-state index in [2.05, 4.69) is 10.6 Å². The minimum Gasteiger partial charge on any atom is -0.347 e. The number of carbonyl (C=O) groups excluding carboxylic acids is 4. The number of fused-ring (bicyclic) bond motifs is 1. The summed E-state index contributed by atoms with van der Waals surface area (Å²) < 4.78 is 0. The van der Waals surface area contributed by atoms with E-state index in [1.807, 2.05) is 51.1 Å². The van der Waals surface area contributed by atoms with Crippen LogP contribution in [0, 0.1) is 17.8 Å². The number of benzene rings is 1. The third-order valence-corrected chi connectivity index (χ3v) is 7.88. The molecule has 0 radical (unpaired) electrons. The van der Waals surface area contributed by atoms with Gasteiger partial charge in [-0.15, -0.1) is 0 Å². The molecule has 3 amide bonds. The first-order valence-electron chi connectivity index (χ1n) is 13.3. The Bertz CT molecular complexity index is 943. The van der Waals surface area contributed by atoms with E-state index in [0.717, 1.165) is 37.7 Å². The van der Waals surface area contributed by atoms with Crippen molar-refractivity contribution in [1.82, 2.24) is 15.5 Å². The monoisotopic (exact) mass is 481 g/mol. The Morgan fingerprint density at radius 2 is 1.74 bits per heavy atom. The van der Waals surface area contributed by atoms with Crippen molar-refractivity contribution in [3.8, 4) is 0 Å². The van der Waals surface area contributed by atoms with Crippen LogP contribution in [0.15, 0.2) is 30.3 Å². The summed E-state index contributed by atoms with van der Waals surface area (Å²) in [6.07, 6.45) is 5.81. The van der Waals surface area contributed by atoms with Crippen LogP contribution in [0.3, 0.4) is 0 Å². The number of nitrogens with one attached hydrogen (secondary N) is 2. The van der Waals surface area contributed by atoms with Gasteiger partial charge in [-0.1, -0.05) is 63.9 Å². The minimum absolute atomic E-state index is 0.0226. The van der Waals surface area contributed by atoms with Crippen LogP contribution in [0.1, 0.15) is 77.2 Å². The van der Waals surface area contributed by atoms with E-state index in [1.165, 1.54) is 0 Å². The molecule has 2 N–H and O–H groups in total. The number of hydrogen-bond donors (Lipinski definition) is 2. The molecule has 1 aliphatic heterocycles. The summed E-state index contributed by atoms with van der Waals surface area (Å²) >= 11 is 0. The molecule has 1 aromatic carbocycles. The molecule has 0 bridgehead atoms. The first-order chi connectivity index (χ1) is 16.8. The fourth-order valence-corrected chi connectivity index (χ4v) is 5.98. The molecule has 1 heterocycles. The van der Waals surface area contributed by atoms with E-state index >= 15 is 0 Å². The van der Waals surface area contributed by atoms with Crippen LogP contribution in [0.2, 0.25) is 0 Å². The molecule has 3 fully saturated rings. The molecule has 0 spiro atoms. The van der Waals surface area contributed by atoms with Gasteiger partial charge in [-0.05, 0) is 55.4 Å². The normalized spacial score (nSPS) is 25.1. The summed E-state index contributed by atoms with van der Waals surface area (Å²) in [4.78, 5) is 54.7. The van der Waals surface area contributed by atoms with Crippen LogP contribution < -0.4 is 10.6 Å². The van der Waals surface area contributed by atoms with Crippen molar-refractivity contribution in [3.63, 3.8) is 0 Å². The molecular formula is C28H39N3O4. The van der Waals surface area contributed by atoms with Crippen molar-refractivity contribution < 1.29 is 19.2 Å². The number of rotatable bonds is 10. The van der Waals surface area contributed by atoms with E-state index in [1.54, 1.807) is 4.90 Å². The number of amides is 3. The lowest BCUT2D eigenvalue weighted by Gasteiger charge is -2.33. The molecule has 4 rings (SSSR count). The van der Waals surface area contributed by atoms with Crippen LogP contribution in [-0.2, 0) is 19.2 Å². The smallest absolute Gasteiger partial charge is 0.289 e. The zero-order valence-electron chi connectivity index (χ0n) is 21.2. The summed E-state index contributed by atoms with van der Waals surface area (Å²) in [6.45, 7) is 6.58. The van der Waals surface area contributed by atoms with E-state index in [9.17, 15) is 19.2 Å². The van der Waals surface area contributed by atoms with Gasteiger partial charge in [-0.25, -0.2) is 0 Å². The molecule has 1 unspecified atom stereocenters. The molecule has 3 aliphatic rings. The van der Waals surface area contributed by atoms with Gasteiger partial charge in [-0.2, -0.15) is 0 Å². The molecular weight excluding hydrogens is 442 g/mol. The fraction of sp³-hybridized carbons (Fsp3) is 0.643. The Morgan fingerprint density at radius 1 is 1.03 bits per heavy atom. The van der Waals surface area contributed by atoms with Crippen molar-refractivity contribution in [2.75, 3.05) is 6.54 Å². The molecule has 35 heavy (non-hydrogen) atoms. The van der Waals surface area contributed by atoms with Gasteiger partial charge in [0.25, 0.3) is 5.91 Å². The lowest BCUT2D eigenvalue weighted by Crippen LogP contribution is -2.55. The molecule has 190 valence electrons. The molecule has 2 aliphatic carbocycles. The average molecular weight is 482 g/mol. The highest BCUT2D eigenvalue weighted by Crippen LogP contribution is 2.44. The summed E-state index contributed by atoms with van der Waals surface area (Å²) in [5, 5.41) is 5.64. The van der Waals surface area contributed by atoms with Gasteiger partial charge < -0.3 is 15.5 Å². The molecule has 1 saturated heterocycles. The third-order valence-electron chi connectivity index (χ3n) is 7.88. The summed E-state index contributed by atoms with van der Waals surface area (Å²) in [7, 11) is 0. The maximum Gasteiger partial charge on any atom is 0.289 e. The van der Waals surface area contributed by atoms with Crippen LogP contribution in [-0.4, -0.2) is 53.1 Å². The number of nitrogens with zero attached hydrogens (tertiary/aromatic N) is 1. The largest absolute Gasteiger partial charge is 0.347 e. The number of hydrogen-bond acceptors (Lipinski definition) is 4. The maximum absolute atomic E-state index is 13.9. The second-order valence-corrected chi connectivity index (χ2v) is 10.9. The second kappa shape index (κ2) is 10.9. The summed E-state index contributed by atoms with van der Waals surface area (Å²) in [5.41, 5.74) is 0.958. The standard InChI is InChI=1S/C28H39N3O4/c1-4-9-22(25(32)27(34)29-20-14-15-20)30-26(33)24-21-13-8-12-19(21)16-31(24)28(35)23(17(2)3)18-10-6-5-7-11-18/h5-7,10-11,17,19-24H,4,8-9,12-16H2,1-3H3,(H,29,34)(H,30,33)/t19-,21-,22+,23+,24?/m0/s1. The minimum atomic E-state index is -0.862. The van der Waals surface area contributed by atoms with Gasteiger partial charge in [0.15, 0.2) is 0 Å². The quantitative estimate of drug-likeness (QED) is 0.502. The van der Waals surface area contributed by atoms with Gasteiger partial charge in [0, 0.05) is 12.6 Å². The summed E-state index contributed by atoms with van der Waals surface area (Å²) in [5.74, 6) is -1.38. The lowest BCUT2D eigenvalue weighted by atomic mass is 9.86. The first-order valence-corrected chi connectivity index (χ1v) is 13.3. The molecule has 1 aromatic rings. The van der Waals surface area contributed by atoms with Gasteiger partial charge in [0.2, 0.25) is 17.6 Å². The van der Waals surface area contributed by atoms with Crippen molar-refractivity contribution in [2.24, 2.45) is 17.8 Å². The highest BCUT2D eigenvalue weighted by molar-refractivity contribution is 6.38. The van der Waals surface area contributed by atoms with E-state index in [4.69, 9.17) is 0 Å². The molecule has 0 aromatic heterocycles. The number of Topliss-reactive ketones (excluding diaryl/α,β-unsaturated/α-hetero) is 1. The highest BCUT2D eigenvalue weighted by atomic mass is 16.2. The fourth-order valence-electron chi connectivity index (χ4n) is 5.98. The lowest BCUT2D eigenvalue weighted by molar-refractivity contribution is -0.143. The van der Waals surface area contributed by atoms with Gasteiger partial charge >= 0.3 is 0 Å². The third kappa shape index (κ3) is 5.60. The number of ketones is 1. The van der Waals surface area contributed by atoms with E-state index < -0.39 is 23.8 Å². The van der Waals surface area contributed by atoms with Crippen LogP contribution >= 0.6 is 0 Å². The SMILES string of the molecule is CCC[C@@H](NC(=O)C1[C@H]2CCC[C@H]2CN1C(=O)[C@@H](c1ccccc1)C(C)C)C(=O)C(=O)NC1CC1. The van der Waals surface area contributed by atoms with Crippen molar-refractivity contribution in [1.29, 1.82) is 0 Å². The number of likely N-dealkylation sites (tertiary alicyclic amines) is 1. The molecule has 2 saturated carbocycles. The Balaban J connectivity index is 1.54. The highest BCUT2D eigenvalue weighted by Gasteiger charge is 2.51. The Kier molecular flexibility index (Phi) is 7.92. The Hall–Kier alpha value is -2.70. The van der Waals surface area contributed by atoms with E-state index in [0.29, 0.717) is 25.3 Å². The van der Waals surface area contributed by atoms with E-state index in [-0.39, 0.29) is 35.6 Å². The van der Waals surface area contributed by atoms with Gasteiger partial charge in [0.1, 0.15) is 6.04 Å². The second-order valence-electron chi connectivity index (χ2n) is 10.9. The Labute approximate surface area is 208 Å². The predicted octanol–water partition coefficient (Wildman–Crippen LogP) is 3.19. The van der Waals surface area contributed by atoms with Crippen LogP contribution in [0.25, 0.3) is 0 Å². The zero-order valence-corrected chi connectivity index (χ0v) is 21.2. The van der Waals surface area contributed by atoms with Crippen LogP contribution in [0.4, 0.5) is 0 Å². The van der Waals surface area contributed by atoms with Gasteiger partial charge in [0.05, 0.1) is 12.0 Å². The molecule has 7 nitrogen and oxygen atoms in total. The van der Waals surface area contributed by atoms with Gasteiger partial charge in [-0.3, -0.25) is 19.2 Å². The number of carbonyl (C=O) groups is 4. The summed E-state index contributed by atoms with van der Waals surface area (Å²) in [6, 6.07) is 8.39. The topological polar surface area (TPSA) is 95.6 Å². The molecule has 5 atom stereocenters. The Morgan fingerprint density at radius 3 is 2.37 bits per heavy atom. The molecule has 7 heteroatoms. The van der Waals surface area contributed by atoms with Crippen molar-refractivity contribution in [3.05, 3.63) is 35.9 Å². The zero-order chi connectivity index (χ0) is 25.1. The maximum atomic E-state index is 13.9. The first kappa shape index (κ1) is 25.4. The van der Waals surface area contributed by atoms with Crippen LogP contribution in [0.5, 0.6) is 0 Å². The van der Waals surface area contributed by atoms with Crippen molar-refractivity contribution in [2.45, 2.75) is 89.8 Å². The van der Waals surface area contributed by atoms with Crippen molar-refractivity contribution >= 4 is 23.5 Å². The predicted molar refractivity (Wildman–Crippen MR) is 133 cm³/mol. The average Bonchev–Trinajstić information content (AvgIpc) is 3.39.